The molecule has 8 nitrogen and oxygen atoms in total. The number of nitrogens with zero attached hydrogens (tertiary/aromatic N) is 5. The van der Waals surface area contributed by atoms with Crippen molar-refractivity contribution in [3.63, 3.8) is 0 Å². The first kappa shape index (κ1) is 19.6. The molecule has 0 spiro atoms. The maximum atomic E-state index is 13.4. The largest absolute Gasteiger partial charge is 0.462 e. The van der Waals surface area contributed by atoms with Gasteiger partial charge in [-0.25, -0.2) is 14.2 Å². The van der Waals surface area contributed by atoms with Gasteiger partial charge in [-0.15, -0.1) is 0 Å². The number of nitrogen functional groups attached to an aromatic ring is 1. The SMILES string of the molecule is CCOC(=O)c1cnn(-c2cc(C)nc3c(-c4ccc(F)cc4)c(CC)nn23)c1N. The molecule has 4 aromatic rings. The van der Waals surface area contributed by atoms with Crippen LogP contribution in [-0.4, -0.2) is 37.0 Å². The van der Waals surface area contributed by atoms with Gasteiger partial charge in [0.2, 0.25) is 0 Å². The van der Waals surface area contributed by atoms with Crippen LogP contribution in [-0.2, 0) is 11.2 Å². The van der Waals surface area contributed by atoms with Crippen molar-refractivity contribution < 1.29 is 13.9 Å². The molecule has 4 rings (SSSR count). The molecule has 154 valence electrons. The molecule has 0 unspecified atom stereocenters. The molecule has 0 fully saturated rings. The predicted octanol–water partition coefficient (Wildman–Crippen LogP) is 3.35. The number of aromatic nitrogens is 5. The summed E-state index contributed by atoms with van der Waals surface area (Å²) in [6.45, 7) is 5.80. The third-order valence-electron chi connectivity index (χ3n) is 4.76. The van der Waals surface area contributed by atoms with Crippen LogP contribution in [0.15, 0.2) is 36.5 Å². The Morgan fingerprint density at radius 1 is 1.23 bits per heavy atom. The Balaban J connectivity index is 1.95. The summed E-state index contributed by atoms with van der Waals surface area (Å²) in [6.07, 6.45) is 2.03. The molecule has 0 aliphatic heterocycles. The standard InChI is InChI=1S/C21H21FN6O2/c1-4-16-18(13-6-8-14(22)9-7-13)20-25-12(3)10-17(28(20)26-16)27-19(23)15(11-24-27)21(29)30-5-2/h6-11H,4-5,23H2,1-3H3. The molecule has 0 saturated heterocycles. The second kappa shape index (κ2) is 7.58. The zero-order valence-electron chi connectivity index (χ0n) is 16.9. The molecule has 2 N–H and O–H groups in total. The van der Waals surface area contributed by atoms with E-state index in [1.807, 2.05) is 13.8 Å². The number of ether oxygens (including phenoxy) is 1. The van der Waals surface area contributed by atoms with Gasteiger partial charge in [0.15, 0.2) is 11.5 Å². The molecule has 0 aliphatic carbocycles. The number of carbonyl (C=O) groups is 1. The van der Waals surface area contributed by atoms with E-state index in [9.17, 15) is 9.18 Å². The number of esters is 1. The highest BCUT2D eigenvalue weighted by atomic mass is 19.1. The average molecular weight is 408 g/mol. The summed E-state index contributed by atoms with van der Waals surface area (Å²) >= 11 is 0. The summed E-state index contributed by atoms with van der Waals surface area (Å²) in [5.41, 5.74) is 10.1. The first-order chi connectivity index (χ1) is 14.4. The molecule has 1 aromatic carbocycles. The van der Waals surface area contributed by atoms with Gasteiger partial charge in [-0.2, -0.15) is 19.4 Å². The third-order valence-corrected chi connectivity index (χ3v) is 4.76. The molecule has 0 saturated carbocycles. The molecular weight excluding hydrogens is 387 g/mol. The highest BCUT2D eigenvalue weighted by molar-refractivity contribution is 5.94. The summed E-state index contributed by atoms with van der Waals surface area (Å²) in [5.74, 6) is -0.162. The van der Waals surface area contributed by atoms with Crippen LogP contribution in [0.4, 0.5) is 10.2 Å². The van der Waals surface area contributed by atoms with Gasteiger partial charge in [-0.05, 0) is 38.0 Å². The van der Waals surface area contributed by atoms with Gasteiger partial charge in [-0.1, -0.05) is 19.1 Å². The van der Waals surface area contributed by atoms with E-state index in [0.717, 1.165) is 22.5 Å². The molecule has 0 amide bonds. The molecule has 9 heteroatoms. The second-order valence-corrected chi connectivity index (χ2v) is 6.75. The second-order valence-electron chi connectivity index (χ2n) is 6.75. The predicted molar refractivity (Wildman–Crippen MR) is 110 cm³/mol. The van der Waals surface area contributed by atoms with Gasteiger partial charge in [0.1, 0.15) is 17.2 Å². The van der Waals surface area contributed by atoms with Crippen molar-refractivity contribution in [2.24, 2.45) is 0 Å². The summed E-state index contributed by atoms with van der Waals surface area (Å²) < 4.78 is 21.6. The van der Waals surface area contributed by atoms with Crippen molar-refractivity contribution in [1.82, 2.24) is 24.4 Å². The first-order valence-corrected chi connectivity index (χ1v) is 9.60. The van der Waals surface area contributed by atoms with E-state index in [1.54, 1.807) is 29.6 Å². The minimum atomic E-state index is -0.537. The summed E-state index contributed by atoms with van der Waals surface area (Å²) in [4.78, 5) is 16.8. The van der Waals surface area contributed by atoms with E-state index in [1.165, 1.54) is 23.0 Å². The Bertz CT molecular complexity index is 1240. The van der Waals surface area contributed by atoms with Crippen molar-refractivity contribution in [2.45, 2.75) is 27.2 Å². The maximum absolute atomic E-state index is 13.4. The van der Waals surface area contributed by atoms with Crippen LogP contribution in [0.1, 0.15) is 35.6 Å². The van der Waals surface area contributed by atoms with Crippen LogP contribution in [0.2, 0.25) is 0 Å². The molecule has 3 heterocycles. The number of carbonyl (C=O) groups excluding carboxylic acids is 1. The van der Waals surface area contributed by atoms with Gasteiger partial charge < -0.3 is 10.5 Å². The number of halogens is 1. The number of fused-ring (bicyclic) bond motifs is 1. The van der Waals surface area contributed by atoms with E-state index in [-0.39, 0.29) is 23.8 Å². The van der Waals surface area contributed by atoms with Gasteiger partial charge >= 0.3 is 5.97 Å². The lowest BCUT2D eigenvalue weighted by atomic mass is 10.0. The highest BCUT2D eigenvalue weighted by Crippen LogP contribution is 2.30. The van der Waals surface area contributed by atoms with Gasteiger partial charge in [0.05, 0.1) is 18.5 Å². The number of nitrogens with two attached hydrogens (primary N) is 1. The number of rotatable bonds is 5. The van der Waals surface area contributed by atoms with Crippen molar-refractivity contribution in [3.8, 4) is 16.9 Å². The van der Waals surface area contributed by atoms with Crippen LogP contribution in [0.3, 0.4) is 0 Å². The van der Waals surface area contributed by atoms with E-state index in [2.05, 4.69) is 10.1 Å². The smallest absolute Gasteiger partial charge is 0.343 e. The Hall–Kier alpha value is -3.75. The molecule has 30 heavy (non-hydrogen) atoms. The molecular formula is C21H21FN6O2. The van der Waals surface area contributed by atoms with Gasteiger partial charge in [0.25, 0.3) is 0 Å². The van der Waals surface area contributed by atoms with E-state index < -0.39 is 5.97 Å². The Morgan fingerprint density at radius 3 is 2.63 bits per heavy atom. The zero-order valence-corrected chi connectivity index (χ0v) is 16.9. The number of hydrogen-bond donors (Lipinski definition) is 1. The minimum absolute atomic E-state index is 0.150. The Labute approximate surface area is 172 Å². The monoisotopic (exact) mass is 408 g/mol. The highest BCUT2D eigenvalue weighted by Gasteiger charge is 2.22. The zero-order chi connectivity index (χ0) is 21.4. The van der Waals surface area contributed by atoms with Crippen LogP contribution in [0, 0.1) is 12.7 Å². The maximum Gasteiger partial charge on any atom is 0.343 e. The van der Waals surface area contributed by atoms with Gasteiger partial charge in [-0.3, -0.25) is 0 Å². The topological polar surface area (TPSA) is 100 Å². The Kier molecular flexibility index (Phi) is 4.94. The minimum Gasteiger partial charge on any atom is -0.462 e. The number of anilines is 1. The fourth-order valence-electron chi connectivity index (χ4n) is 3.38. The van der Waals surface area contributed by atoms with Crippen LogP contribution in [0.5, 0.6) is 0 Å². The number of hydrogen-bond acceptors (Lipinski definition) is 6. The summed E-state index contributed by atoms with van der Waals surface area (Å²) in [6, 6.07) is 8.01. The lowest BCUT2D eigenvalue weighted by molar-refractivity contribution is 0.0527. The van der Waals surface area contributed by atoms with E-state index >= 15 is 0 Å². The lowest BCUT2D eigenvalue weighted by Crippen LogP contribution is -2.12. The normalized spacial score (nSPS) is 11.2. The van der Waals surface area contributed by atoms with Crippen molar-refractivity contribution in [3.05, 3.63) is 59.3 Å². The van der Waals surface area contributed by atoms with Crippen LogP contribution in [0.25, 0.3) is 22.6 Å². The lowest BCUT2D eigenvalue weighted by Gasteiger charge is -2.09. The molecule has 3 aromatic heterocycles. The summed E-state index contributed by atoms with van der Waals surface area (Å²) in [7, 11) is 0. The van der Waals surface area contributed by atoms with Crippen molar-refractivity contribution >= 4 is 17.4 Å². The van der Waals surface area contributed by atoms with E-state index in [4.69, 9.17) is 15.6 Å². The van der Waals surface area contributed by atoms with E-state index in [0.29, 0.717) is 17.9 Å². The molecule has 0 radical (unpaired) electrons. The molecule has 0 atom stereocenters. The molecule has 0 bridgehead atoms. The van der Waals surface area contributed by atoms with Crippen molar-refractivity contribution in [1.29, 1.82) is 0 Å². The quantitative estimate of drug-likeness (QED) is 0.508. The number of benzene rings is 1. The van der Waals surface area contributed by atoms with Crippen LogP contribution >= 0.6 is 0 Å². The first-order valence-electron chi connectivity index (χ1n) is 9.60. The average Bonchev–Trinajstić information content (AvgIpc) is 3.28. The van der Waals surface area contributed by atoms with Crippen molar-refractivity contribution in [2.75, 3.05) is 12.3 Å². The van der Waals surface area contributed by atoms with Gasteiger partial charge in [0, 0.05) is 17.3 Å². The third kappa shape index (κ3) is 3.18. The molecule has 0 aliphatic rings. The Morgan fingerprint density at radius 2 is 1.97 bits per heavy atom. The fourth-order valence-corrected chi connectivity index (χ4v) is 3.38. The van der Waals surface area contributed by atoms with Crippen LogP contribution < -0.4 is 5.73 Å². The fraction of sp³-hybridized carbons (Fsp3) is 0.238. The summed E-state index contributed by atoms with van der Waals surface area (Å²) in [5, 5.41) is 8.99. The number of aryl methyl sites for hydroxylation is 2.